The minimum atomic E-state index is -0.570. The van der Waals surface area contributed by atoms with Crippen LogP contribution in [0.3, 0.4) is 0 Å². The van der Waals surface area contributed by atoms with Gasteiger partial charge in [-0.3, -0.25) is 9.59 Å². The zero-order valence-electron chi connectivity index (χ0n) is 20.6. The van der Waals surface area contributed by atoms with Crippen molar-refractivity contribution in [2.24, 2.45) is 0 Å². The molecule has 0 saturated heterocycles. The van der Waals surface area contributed by atoms with Crippen molar-refractivity contribution in [2.45, 2.75) is 59.0 Å². The number of benzene rings is 3. The second-order valence-corrected chi connectivity index (χ2v) is 8.93. The molecule has 3 rings (SSSR count). The zero-order valence-corrected chi connectivity index (χ0v) is 20.6. The first kappa shape index (κ1) is 25.2. The molecule has 3 aromatic rings. The fourth-order valence-electron chi connectivity index (χ4n) is 4.04. The summed E-state index contributed by atoms with van der Waals surface area (Å²) in [5.41, 5.74) is 5.55. The molecule has 0 aliphatic heterocycles. The Kier molecular flexibility index (Phi) is 9.45. The maximum atomic E-state index is 13.7. The Bertz CT molecular complexity index is 1060. The van der Waals surface area contributed by atoms with Crippen LogP contribution in [0.15, 0.2) is 78.9 Å². The number of nitrogens with one attached hydrogen (secondary N) is 1. The van der Waals surface area contributed by atoms with E-state index in [4.69, 9.17) is 0 Å². The molecular weight excluding hydrogens is 420 g/mol. The van der Waals surface area contributed by atoms with Gasteiger partial charge in [-0.1, -0.05) is 91.3 Å². The maximum Gasteiger partial charge on any atom is 0.243 e. The van der Waals surface area contributed by atoms with E-state index in [-0.39, 0.29) is 11.8 Å². The molecule has 2 amide bonds. The van der Waals surface area contributed by atoms with Gasteiger partial charge in [-0.25, -0.2) is 0 Å². The van der Waals surface area contributed by atoms with Crippen LogP contribution in [-0.2, 0) is 29.0 Å². The van der Waals surface area contributed by atoms with E-state index in [9.17, 15) is 9.59 Å². The first-order valence-corrected chi connectivity index (χ1v) is 12.2. The Morgan fingerprint density at radius 1 is 0.853 bits per heavy atom. The topological polar surface area (TPSA) is 49.4 Å². The van der Waals surface area contributed by atoms with E-state index >= 15 is 0 Å². The molecule has 0 fully saturated rings. The highest BCUT2D eigenvalue weighted by molar-refractivity contribution is 5.88. The van der Waals surface area contributed by atoms with Gasteiger partial charge in [-0.05, 0) is 48.9 Å². The quantitative estimate of drug-likeness (QED) is 0.420. The van der Waals surface area contributed by atoms with Gasteiger partial charge in [-0.2, -0.15) is 0 Å². The smallest absolute Gasteiger partial charge is 0.243 e. The monoisotopic (exact) mass is 456 g/mol. The van der Waals surface area contributed by atoms with Crippen LogP contribution in [-0.4, -0.2) is 29.3 Å². The predicted molar refractivity (Wildman–Crippen MR) is 138 cm³/mol. The van der Waals surface area contributed by atoms with Crippen LogP contribution in [0, 0.1) is 13.8 Å². The largest absolute Gasteiger partial charge is 0.354 e. The van der Waals surface area contributed by atoms with Crippen molar-refractivity contribution in [3.63, 3.8) is 0 Å². The molecule has 178 valence electrons. The molecule has 3 aromatic carbocycles. The van der Waals surface area contributed by atoms with Gasteiger partial charge in [0.1, 0.15) is 6.04 Å². The molecule has 0 heterocycles. The fraction of sp³-hybridized carbons (Fsp3) is 0.333. The average Bonchev–Trinajstić information content (AvgIpc) is 2.85. The summed E-state index contributed by atoms with van der Waals surface area (Å²) in [4.78, 5) is 28.8. The van der Waals surface area contributed by atoms with E-state index in [2.05, 4.69) is 36.5 Å². The van der Waals surface area contributed by atoms with Gasteiger partial charge in [0.2, 0.25) is 11.8 Å². The molecule has 0 radical (unpaired) electrons. The second kappa shape index (κ2) is 12.7. The number of hydrogen-bond acceptors (Lipinski definition) is 2. The first-order valence-electron chi connectivity index (χ1n) is 12.2. The van der Waals surface area contributed by atoms with Gasteiger partial charge >= 0.3 is 0 Å². The SMILES string of the molecule is CCCNC(=O)C(Cc1ccccc1)N(Cc1ccccc1C)C(=O)CCc1ccc(C)cc1. The Morgan fingerprint density at radius 2 is 1.53 bits per heavy atom. The molecule has 0 spiro atoms. The van der Waals surface area contributed by atoms with E-state index < -0.39 is 6.04 Å². The number of amides is 2. The van der Waals surface area contributed by atoms with Crippen molar-refractivity contribution in [3.8, 4) is 0 Å². The van der Waals surface area contributed by atoms with Crippen molar-refractivity contribution >= 4 is 11.8 Å². The van der Waals surface area contributed by atoms with Crippen LogP contribution in [0.4, 0.5) is 0 Å². The number of nitrogens with zero attached hydrogens (tertiary/aromatic N) is 1. The molecule has 34 heavy (non-hydrogen) atoms. The Balaban J connectivity index is 1.89. The van der Waals surface area contributed by atoms with Gasteiger partial charge in [0.25, 0.3) is 0 Å². The molecule has 4 nitrogen and oxygen atoms in total. The fourth-order valence-corrected chi connectivity index (χ4v) is 4.04. The lowest BCUT2D eigenvalue weighted by Gasteiger charge is -2.32. The zero-order chi connectivity index (χ0) is 24.3. The summed E-state index contributed by atoms with van der Waals surface area (Å²) in [5.74, 6) is -0.0978. The van der Waals surface area contributed by atoms with E-state index in [1.165, 1.54) is 5.56 Å². The van der Waals surface area contributed by atoms with Crippen molar-refractivity contribution in [1.29, 1.82) is 0 Å². The molecule has 1 unspecified atom stereocenters. The Morgan fingerprint density at radius 3 is 2.21 bits per heavy atom. The minimum Gasteiger partial charge on any atom is -0.354 e. The van der Waals surface area contributed by atoms with E-state index in [0.717, 1.165) is 28.7 Å². The van der Waals surface area contributed by atoms with Crippen LogP contribution < -0.4 is 5.32 Å². The summed E-state index contributed by atoms with van der Waals surface area (Å²) in [6, 6.07) is 25.7. The lowest BCUT2D eigenvalue weighted by molar-refractivity contribution is -0.141. The highest BCUT2D eigenvalue weighted by atomic mass is 16.2. The van der Waals surface area contributed by atoms with Gasteiger partial charge in [-0.15, -0.1) is 0 Å². The normalized spacial score (nSPS) is 11.6. The van der Waals surface area contributed by atoms with Crippen LogP contribution in [0.2, 0.25) is 0 Å². The lowest BCUT2D eigenvalue weighted by atomic mass is 10.00. The molecule has 0 aromatic heterocycles. The number of aryl methyl sites for hydroxylation is 3. The highest BCUT2D eigenvalue weighted by Crippen LogP contribution is 2.19. The van der Waals surface area contributed by atoms with E-state index in [1.807, 2.05) is 68.4 Å². The molecular formula is C30H36N2O2. The van der Waals surface area contributed by atoms with Crippen molar-refractivity contribution in [2.75, 3.05) is 6.54 Å². The van der Waals surface area contributed by atoms with Crippen molar-refractivity contribution < 1.29 is 9.59 Å². The second-order valence-electron chi connectivity index (χ2n) is 8.93. The van der Waals surface area contributed by atoms with Gasteiger partial charge < -0.3 is 10.2 Å². The van der Waals surface area contributed by atoms with Crippen molar-refractivity contribution in [3.05, 3.63) is 107 Å². The lowest BCUT2D eigenvalue weighted by Crippen LogP contribution is -2.50. The van der Waals surface area contributed by atoms with Gasteiger partial charge in [0.15, 0.2) is 0 Å². The number of carbonyl (C=O) groups excluding carboxylic acids is 2. The third-order valence-electron chi connectivity index (χ3n) is 6.17. The third kappa shape index (κ3) is 7.31. The Hall–Kier alpha value is -3.40. The number of hydrogen-bond donors (Lipinski definition) is 1. The van der Waals surface area contributed by atoms with Crippen LogP contribution in [0.25, 0.3) is 0 Å². The molecule has 0 aliphatic carbocycles. The van der Waals surface area contributed by atoms with Crippen LogP contribution in [0.5, 0.6) is 0 Å². The molecule has 1 atom stereocenters. The highest BCUT2D eigenvalue weighted by Gasteiger charge is 2.30. The van der Waals surface area contributed by atoms with Crippen molar-refractivity contribution in [1.82, 2.24) is 10.2 Å². The maximum absolute atomic E-state index is 13.7. The van der Waals surface area contributed by atoms with Gasteiger partial charge in [0.05, 0.1) is 0 Å². The van der Waals surface area contributed by atoms with Gasteiger partial charge in [0, 0.05) is 25.9 Å². The molecule has 0 saturated carbocycles. The minimum absolute atomic E-state index is 0.00333. The molecule has 0 bridgehead atoms. The summed E-state index contributed by atoms with van der Waals surface area (Å²) in [6.45, 7) is 7.15. The first-order chi connectivity index (χ1) is 16.5. The van der Waals surface area contributed by atoms with Crippen LogP contribution >= 0.6 is 0 Å². The summed E-state index contributed by atoms with van der Waals surface area (Å²) in [5, 5.41) is 3.04. The predicted octanol–water partition coefficient (Wildman–Crippen LogP) is 5.40. The van der Waals surface area contributed by atoms with E-state index in [0.29, 0.717) is 32.4 Å². The number of rotatable bonds is 11. The molecule has 0 aliphatic rings. The van der Waals surface area contributed by atoms with E-state index in [1.54, 1.807) is 4.90 Å². The number of carbonyl (C=O) groups is 2. The standard InChI is InChI=1S/C30H36N2O2/c1-4-20-31-30(34)28(21-26-11-6-5-7-12-26)32(22-27-13-9-8-10-24(27)3)29(33)19-18-25-16-14-23(2)15-17-25/h5-17,28H,4,18-22H2,1-3H3,(H,31,34). The Labute approximate surface area is 204 Å². The summed E-state index contributed by atoms with van der Waals surface area (Å²) in [6.07, 6.45) is 2.35. The molecule has 1 N–H and O–H groups in total. The van der Waals surface area contributed by atoms with Crippen LogP contribution in [0.1, 0.15) is 47.6 Å². The summed E-state index contributed by atoms with van der Waals surface area (Å²) in [7, 11) is 0. The summed E-state index contributed by atoms with van der Waals surface area (Å²) < 4.78 is 0. The third-order valence-corrected chi connectivity index (χ3v) is 6.17. The average molecular weight is 457 g/mol. The summed E-state index contributed by atoms with van der Waals surface area (Å²) >= 11 is 0. The molecule has 4 heteroatoms.